The highest BCUT2D eigenvalue weighted by molar-refractivity contribution is 7.89. The first-order valence-corrected chi connectivity index (χ1v) is 14.2. The second-order valence-electron chi connectivity index (χ2n) is 8.21. The molecule has 0 aliphatic carbocycles. The van der Waals surface area contributed by atoms with Crippen molar-refractivity contribution < 1.29 is 26.6 Å². The Hall–Kier alpha value is -3.98. The third-order valence-corrected chi connectivity index (χ3v) is 9.60. The van der Waals surface area contributed by atoms with Crippen LogP contribution in [-0.2, 0) is 24.8 Å². The van der Waals surface area contributed by atoms with Crippen molar-refractivity contribution in [2.75, 3.05) is 19.6 Å². The third kappa shape index (κ3) is 5.78. The van der Waals surface area contributed by atoms with Gasteiger partial charge in [0.25, 0.3) is 11.6 Å². The van der Waals surface area contributed by atoms with E-state index < -0.39 is 43.5 Å². The Kier molecular flexibility index (Phi) is 7.97. The van der Waals surface area contributed by atoms with Crippen molar-refractivity contribution in [2.45, 2.75) is 15.8 Å². The number of piperazine rings is 1. The maximum Gasteiger partial charge on any atom is 0.270 e. The molecular formula is C24H23N5O7S2. The highest BCUT2D eigenvalue weighted by atomic mass is 32.2. The molecule has 1 aliphatic heterocycles. The predicted molar refractivity (Wildman–Crippen MR) is 138 cm³/mol. The van der Waals surface area contributed by atoms with Crippen LogP contribution in [0.4, 0.5) is 5.69 Å². The minimum absolute atomic E-state index is 0.0159. The van der Waals surface area contributed by atoms with Gasteiger partial charge in [-0.2, -0.15) is 13.7 Å². The van der Waals surface area contributed by atoms with E-state index in [0.29, 0.717) is 5.56 Å². The number of carbonyl (C=O) groups excluding carboxylic acids is 1. The normalized spacial score (nSPS) is 17.3. The highest BCUT2D eigenvalue weighted by Crippen LogP contribution is 2.25. The Morgan fingerprint density at radius 2 is 1.50 bits per heavy atom. The summed E-state index contributed by atoms with van der Waals surface area (Å²) in [6.07, 6.45) is 1.17. The lowest BCUT2D eigenvalue weighted by Crippen LogP contribution is -2.60. The largest absolute Gasteiger partial charge is 0.271 e. The van der Waals surface area contributed by atoms with Gasteiger partial charge in [-0.1, -0.05) is 48.5 Å². The van der Waals surface area contributed by atoms with Crippen LogP contribution >= 0.6 is 0 Å². The van der Waals surface area contributed by atoms with Crippen LogP contribution in [0.2, 0.25) is 0 Å². The smallest absolute Gasteiger partial charge is 0.270 e. The summed E-state index contributed by atoms with van der Waals surface area (Å²) in [5, 5.41) is 14.8. The lowest BCUT2D eigenvalue weighted by molar-refractivity contribution is -0.384. The molecule has 0 spiro atoms. The fraction of sp³-hybridized carbons (Fsp3) is 0.167. The number of hydrazone groups is 1. The molecule has 0 saturated carbocycles. The van der Waals surface area contributed by atoms with Crippen LogP contribution in [0.5, 0.6) is 0 Å². The number of nitrogens with one attached hydrogen (secondary N) is 1. The molecule has 3 aromatic rings. The summed E-state index contributed by atoms with van der Waals surface area (Å²) in [5.41, 5.74) is 2.40. The van der Waals surface area contributed by atoms with Crippen LogP contribution in [-0.4, -0.2) is 68.2 Å². The van der Waals surface area contributed by atoms with E-state index >= 15 is 0 Å². The molecule has 0 aromatic heterocycles. The minimum atomic E-state index is -4.16. The molecule has 1 aliphatic rings. The van der Waals surface area contributed by atoms with Crippen molar-refractivity contribution in [3.63, 3.8) is 0 Å². The maximum atomic E-state index is 13.4. The van der Waals surface area contributed by atoms with E-state index in [9.17, 15) is 31.7 Å². The van der Waals surface area contributed by atoms with Gasteiger partial charge in [0, 0.05) is 37.3 Å². The lowest BCUT2D eigenvalue weighted by atomic mass is 10.2. The van der Waals surface area contributed by atoms with E-state index in [1.807, 2.05) is 0 Å². The van der Waals surface area contributed by atoms with E-state index in [-0.39, 0.29) is 28.6 Å². The summed E-state index contributed by atoms with van der Waals surface area (Å²) in [4.78, 5) is 23.6. The molecule has 1 saturated heterocycles. The monoisotopic (exact) mass is 557 g/mol. The first kappa shape index (κ1) is 27.1. The number of hydrogen-bond acceptors (Lipinski definition) is 8. The molecule has 38 heavy (non-hydrogen) atoms. The van der Waals surface area contributed by atoms with Gasteiger partial charge in [0.15, 0.2) is 0 Å². The average molecular weight is 558 g/mol. The lowest BCUT2D eigenvalue weighted by Gasteiger charge is -2.38. The number of hydrogen-bond donors (Lipinski definition) is 1. The van der Waals surface area contributed by atoms with E-state index in [4.69, 9.17) is 0 Å². The Labute approximate surface area is 219 Å². The van der Waals surface area contributed by atoms with Gasteiger partial charge < -0.3 is 0 Å². The van der Waals surface area contributed by atoms with Gasteiger partial charge >= 0.3 is 0 Å². The molecule has 1 amide bonds. The zero-order valence-corrected chi connectivity index (χ0v) is 21.5. The van der Waals surface area contributed by atoms with Crippen molar-refractivity contribution >= 4 is 37.9 Å². The number of nitro benzene ring substituents is 1. The molecule has 1 heterocycles. The number of nitrogens with zero attached hydrogens (tertiary/aromatic N) is 4. The van der Waals surface area contributed by atoms with Gasteiger partial charge in [-0.25, -0.2) is 22.3 Å². The highest BCUT2D eigenvalue weighted by Gasteiger charge is 2.43. The van der Waals surface area contributed by atoms with Crippen molar-refractivity contribution in [1.29, 1.82) is 0 Å². The molecule has 1 atom stereocenters. The molecule has 0 bridgehead atoms. The molecule has 12 nitrogen and oxygen atoms in total. The van der Waals surface area contributed by atoms with Gasteiger partial charge in [0.1, 0.15) is 6.04 Å². The van der Waals surface area contributed by atoms with Crippen molar-refractivity contribution in [3.05, 3.63) is 101 Å². The second-order valence-corrected chi connectivity index (χ2v) is 12.0. The van der Waals surface area contributed by atoms with E-state index in [1.54, 1.807) is 36.4 Å². The standard InChI is InChI=1S/C24H23N5O7S2/c30-24(26-25-17-19-8-7-9-20(16-19)29(31)32)23-18-27(37(33,34)21-10-3-1-4-11-21)14-15-28(23)38(35,36)22-12-5-2-6-13-22/h1-13,16-17,23H,14-15,18H2,(H,26,30)/b25-17-/t23-/m1/s1. The molecule has 1 fully saturated rings. The van der Waals surface area contributed by atoms with Gasteiger partial charge in [0.05, 0.1) is 20.9 Å². The molecule has 14 heteroatoms. The number of carbonyl (C=O) groups is 1. The summed E-state index contributed by atoms with van der Waals surface area (Å²) in [6.45, 7) is -0.874. The van der Waals surface area contributed by atoms with Gasteiger partial charge in [-0.05, 0) is 24.3 Å². The number of rotatable bonds is 8. The summed E-state index contributed by atoms with van der Waals surface area (Å²) in [7, 11) is -8.17. The minimum Gasteiger partial charge on any atom is -0.271 e. The molecule has 4 rings (SSSR count). The van der Waals surface area contributed by atoms with Crippen LogP contribution in [0.3, 0.4) is 0 Å². The van der Waals surface area contributed by atoms with Crippen molar-refractivity contribution in [2.24, 2.45) is 5.10 Å². The summed E-state index contributed by atoms with van der Waals surface area (Å²) in [6, 6.07) is 19.2. The van der Waals surface area contributed by atoms with Crippen molar-refractivity contribution in [1.82, 2.24) is 14.0 Å². The number of nitro groups is 1. The first-order valence-electron chi connectivity index (χ1n) is 11.3. The predicted octanol–water partition coefficient (Wildman–Crippen LogP) is 1.81. The average Bonchev–Trinajstić information content (AvgIpc) is 2.93. The SMILES string of the molecule is O=C(N/N=C\c1cccc([N+](=O)[O-])c1)[C@H]1CN(S(=O)(=O)c2ccccc2)CCN1S(=O)(=O)c1ccccc1. The molecule has 198 valence electrons. The molecule has 0 unspecified atom stereocenters. The maximum absolute atomic E-state index is 13.4. The fourth-order valence-electron chi connectivity index (χ4n) is 3.89. The molecule has 1 N–H and O–H groups in total. The molecule has 3 aromatic carbocycles. The van der Waals surface area contributed by atoms with Gasteiger partial charge in [0.2, 0.25) is 20.0 Å². The second kappa shape index (κ2) is 11.2. The summed E-state index contributed by atoms with van der Waals surface area (Å²) in [5.74, 6) is -0.862. The van der Waals surface area contributed by atoms with Crippen LogP contribution in [0, 0.1) is 10.1 Å². The third-order valence-electron chi connectivity index (χ3n) is 5.80. The van der Waals surface area contributed by atoms with E-state index in [1.165, 1.54) is 54.7 Å². The Morgan fingerprint density at radius 1 is 0.895 bits per heavy atom. The Balaban J connectivity index is 1.62. The van der Waals surface area contributed by atoms with Crippen LogP contribution < -0.4 is 5.43 Å². The number of benzene rings is 3. The molecular weight excluding hydrogens is 534 g/mol. The van der Waals surface area contributed by atoms with Crippen LogP contribution in [0.1, 0.15) is 5.56 Å². The van der Waals surface area contributed by atoms with Gasteiger partial charge in [-0.15, -0.1) is 0 Å². The Bertz CT molecular complexity index is 1560. The summed E-state index contributed by atoms with van der Waals surface area (Å²) < 4.78 is 55.2. The quantitative estimate of drug-likeness (QED) is 0.251. The summed E-state index contributed by atoms with van der Waals surface area (Å²) >= 11 is 0. The van der Waals surface area contributed by atoms with Gasteiger partial charge in [-0.3, -0.25) is 14.9 Å². The van der Waals surface area contributed by atoms with E-state index in [0.717, 1.165) is 8.61 Å². The van der Waals surface area contributed by atoms with Crippen LogP contribution in [0.25, 0.3) is 0 Å². The number of amides is 1. The van der Waals surface area contributed by atoms with E-state index in [2.05, 4.69) is 10.5 Å². The zero-order chi connectivity index (χ0) is 27.3. The topological polar surface area (TPSA) is 159 Å². The van der Waals surface area contributed by atoms with Crippen molar-refractivity contribution in [3.8, 4) is 0 Å². The van der Waals surface area contributed by atoms with Crippen LogP contribution in [0.15, 0.2) is 99.8 Å². The fourth-order valence-corrected chi connectivity index (χ4v) is 6.94. The number of non-ortho nitro benzene ring substituents is 1. The molecule has 0 radical (unpaired) electrons. The Morgan fingerprint density at radius 3 is 2.11 bits per heavy atom. The zero-order valence-electron chi connectivity index (χ0n) is 19.8. The number of sulfonamides is 2. The first-order chi connectivity index (χ1) is 18.1.